The fraction of sp³-hybridized carbons (Fsp3) is 0.0714. The van der Waals surface area contributed by atoms with Crippen molar-refractivity contribution in [3.05, 3.63) is 59.4 Å². The van der Waals surface area contributed by atoms with Gasteiger partial charge >= 0.3 is 6.18 Å². The van der Waals surface area contributed by atoms with Crippen LogP contribution in [0.4, 0.5) is 17.6 Å². The molecule has 2 aromatic carbocycles. The van der Waals surface area contributed by atoms with Crippen LogP contribution < -0.4 is 0 Å². The fourth-order valence-electron chi connectivity index (χ4n) is 1.74. The number of benzene rings is 2. The van der Waals surface area contributed by atoms with Crippen LogP contribution in [-0.2, 0) is 6.18 Å². The van der Waals surface area contributed by atoms with Gasteiger partial charge in [0.15, 0.2) is 0 Å². The minimum Gasteiger partial charge on any atom is -0.206 e. The molecule has 1 nitrogen and oxygen atoms in total. The van der Waals surface area contributed by atoms with Gasteiger partial charge in [0.25, 0.3) is 0 Å². The molecule has 0 aliphatic rings. The summed E-state index contributed by atoms with van der Waals surface area (Å²) in [4.78, 5) is 0. The van der Waals surface area contributed by atoms with Gasteiger partial charge in [0.05, 0.1) is 11.1 Å². The lowest BCUT2D eigenvalue weighted by Gasteiger charge is -2.10. The van der Waals surface area contributed by atoms with Crippen molar-refractivity contribution in [3.8, 4) is 17.2 Å². The quantitative estimate of drug-likeness (QED) is 0.702. The van der Waals surface area contributed by atoms with Crippen molar-refractivity contribution in [1.29, 1.82) is 5.26 Å². The topological polar surface area (TPSA) is 23.8 Å². The molecule has 0 fully saturated rings. The van der Waals surface area contributed by atoms with E-state index in [0.29, 0.717) is 0 Å². The Hall–Kier alpha value is -2.35. The molecule has 0 heterocycles. The maximum Gasteiger partial charge on any atom is 0.416 e. The van der Waals surface area contributed by atoms with E-state index < -0.39 is 17.6 Å². The lowest BCUT2D eigenvalue weighted by atomic mass is 9.98. The molecule has 0 saturated carbocycles. The molecule has 0 N–H and O–H groups in total. The first-order chi connectivity index (χ1) is 8.93. The number of hydrogen-bond acceptors (Lipinski definition) is 1. The van der Waals surface area contributed by atoms with E-state index in [9.17, 15) is 17.6 Å². The maximum absolute atomic E-state index is 13.4. The molecule has 0 aliphatic carbocycles. The third-order valence-corrected chi connectivity index (χ3v) is 2.63. The predicted octanol–water partition coefficient (Wildman–Crippen LogP) is 4.38. The van der Waals surface area contributed by atoms with Gasteiger partial charge < -0.3 is 0 Å². The van der Waals surface area contributed by atoms with Gasteiger partial charge in [-0.15, -0.1) is 0 Å². The zero-order chi connectivity index (χ0) is 14.0. The van der Waals surface area contributed by atoms with E-state index in [1.807, 2.05) is 0 Å². The van der Waals surface area contributed by atoms with Crippen LogP contribution in [0.15, 0.2) is 42.5 Å². The molecule has 0 spiro atoms. The molecule has 19 heavy (non-hydrogen) atoms. The van der Waals surface area contributed by atoms with E-state index >= 15 is 0 Å². The summed E-state index contributed by atoms with van der Waals surface area (Å²) >= 11 is 0. The molecule has 0 aromatic heterocycles. The molecule has 2 aromatic rings. The van der Waals surface area contributed by atoms with Crippen LogP contribution in [0.25, 0.3) is 11.1 Å². The van der Waals surface area contributed by atoms with Gasteiger partial charge in [0, 0.05) is 5.56 Å². The van der Waals surface area contributed by atoms with Crippen LogP contribution >= 0.6 is 0 Å². The minimum absolute atomic E-state index is 0.147. The van der Waals surface area contributed by atoms with Gasteiger partial charge in [-0.1, -0.05) is 24.3 Å². The van der Waals surface area contributed by atoms with Gasteiger partial charge in [0.2, 0.25) is 0 Å². The second-order valence-electron chi connectivity index (χ2n) is 3.85. The Morgan fingerprint density at radius 3 is 2.32 bits per heavy atom. The van der Waals surface area contributed by atoms with Crippen LogP contribution in [-0.4, -0.2) is 0 Å². The van der Waals surface area contributed by atoms with E-state index in [2.05, 4.69) is 0 Å². The Morgan fingerprint density at radius 2 is 1.68 bits per heavy atom. The second-order valence-corrected chi connectivity index (χ2v) is 3.85. The van der Waals surface area contributed by atoms with Gasteiger partial charge in [-0.05, 0) is 23.8 Å². The van der Waals surface area contributed by atoms with Crippen molar-refractivity contribution in [2.75, 3.05) is 0 Å². The highest BCUT2D eigenvalue weighted by Crippen LogP contribution is 2.33. The van der Waals surface area contributed by atoms with E-state index in [1.54, 1.807) is 6.07 Å². The number of nitriles is 1. The Balaban J connectivity index is 2.61. The van der Waals surface area contributed by atoms with Crippen LogP contribution in [0.3, 0.4) is 0 Å². The summed E-state index contributed by atoms with van der Waals surface area (Å²) in [7, 11) is 0. The number of hydrogen-bond donors (Lipinski definition) is 0. The third-order valence-electron chi connectivity index (χ3n) is 2.63. The predicted molar refractivity (Wildman–Crippen MR) is 61.6 cm³/mol. The largest absolute Gasteiger partial charge is 0.416 e. The average molecular weight is 265 g/mol. The Bertz CT molecular complexity index is 653. The molecule has 0 aliphatic heterocycles. The summed E-state index contributed by atoms with van der Waals surface area (Å²) in [6.07, 6.45) is -4.48. The molecular formula is C14H7F4N. The normalized spacial score (nSPS) is 11.1. The first-order valence-electron chi connectivity index (χ1n) is 5.29. The van der Waals surface area contributed by atoms with Crippen molar-refractivity contribution in [2.45, 2.75) is 6.18 Å². The lowest BCUT2D eigenvalue weighted by Crippen LogP contribution is -2.04. The van der Waals surface area contributed by atoms with E-state index in [4.69, 9.17) is 5.26 Å². The smallest absolute Gasteiger partial charge is 0.206 e. The summed E-state index contributed by atoms with van der Waals surface area (Å²) < 4.78 is 51.2. The van der Waals surface area contributed by atoms with Crippen LogP contribution in [0, 0.1) is 17.1 Å². The zero-order valence-electron chi connectivity index (χ0n) is 9.50. The molecule has 0 amide bonds. The molecular weight excluding hydrogens is 258 g/mol. The summed E-state index contributed by atoms with van der Waals surface area (Å²) in [6.45, 7) is 0. The summed E-state index contributed by atoms with van der Waals surface area (Å²) in [5.41, 5.74) is -0.792. The van der Waals surface area contributed by atoms with Gasteiger partial charge in [-0.3, -0.25) is 0 Å². The van der Waals surface area contributed by atoms with Gasteiger partial charge in [-0.25, -0.2) is 4.39 Å². The summed E-state index contributed by atoms with van der Waals surface area (Å²) in [6, 6.07) is 9.98. The monoisotopic (exact) mass is 265 g/mol. The molecule has 2 rings (SSSR count). The molecule has 0 bridgehead atoms. The minimum atomic E-state index is -4.48. The number of alkyl halides is 3. The highest BCUT2D eigenvalue weighted by atomic mass is 19.4. The van der Waals surface area contributed by atoms with E-state index in [-0.39, 0.29) is 16.7 Å². The van der Waals surface area contributed by atoms with E-state index in [1.165, 1.54) is 24.3 Å². The molecule has 96 valence electrons. The zero-order valence-corrected chi connectivity index (χ0v) is 9.50. The van der Waals surface area contributed by atoms with Gasteiger partial charge in [-0.2, -0.15) is 18.4 Å². The van der Waals surface area contributed by atoms with Crippen molar-refractivity contribution in [3.63, 3.8) is 0 Å². The second kappa shape index (κ2) is 4.73. The average Bonchev–Trinajstić information content (AvgIpc) is 2.37. The van der Waals surface area contributed by atoms with Crippen LogP contribution in [0.5, 0.6) is 0 Å². The third kappa shape index (κ3) is 2.58. The number of halogens is 4. The highest BCUT2D eigenvalue weighted by molar-refractivity contribution is 5.71. The van der Waals surface area contributed by atoms with Gasteiger partial charge in [0.1, 0.15) is 11.9 Å². The SMILES string of the molecule is N#Cc1c(F)cccc1-c1cccc(C(F)(F)F)c1. The molecule has 0 saturated heterocycles. The fourth-order valence-corrected chi connectivity index (χ4v) is 1.74. The maximum atomic E-state index is 13.4. The van der Waals surface area contributed by atoms with Crippen molar-refractivity contribution in [2.24, 2.45) is 0 Å². The van der Waals surface area contributed by atoms with Crippen molar-refractivity contribution < 1.29 is 17.6 Å². The van der Waals surface area contributed by atoms with Crippen LogP contribution in [0.2, 0.25) is 0 Å². The Morgan fingerprint density at radius 1 is 1.00 bits per heavy atom. The Labute approximate surface area is 106 Å². The summed E-state index contributed by atoms with van der Waals surface area (Å²) in [5.74, 6) is -0.752. The van der Waals surface area contributed by atoms with Crippen molar-refractivity contribution >= 4 is 0 Å². The number of rotatable bonds is 1. The summed E-state index contributed by atoms with van der Waals surface area (Å²) in [5, 5.41) is 8.88. The molecule has 5 heteroatoms. The standard InChI is InChI=1S/C14H7F4N/c15-13-6-2-5-11(12(13)8-19)9-3-1-4-10(7-9)14(16,17)18/h1-7H. The highest BCUT2D eigenvalue weighted by Gasteiger charge is 2.30. The Kier molecular flexibility index (Phi) is 3.26. The van der Waals surface area contributed by atoms with Crippen molar-refractivity contribution in [1.82, 2.24) is 0 Å². The van der Waals surface area contributed by atoms with E-state index in [0.717, 1.165) is 18.2 Å². The lowest BCUT2D eigenvalue weighted by molar-refractivity contribution is -0.137. The number of nitrogens with zero attached hydrogens (tertiary/aromatic N) is 1. The molecule has 0 unspecified atom stereocenters. The van der Waals surface area contributed by atoms with Crippen LogP contribution in [0.1, 0.15) is 11.1 Å². The first-order valence-corrected chi connectivity index (χ1v) is 5.29. The first kappa shape index (κ1) is 13.1. The molecule has 0 radical (unpaired) electrons. The molecule has 0 atom stereocenters.